The molecule has 0 aliphatic carbocycles. The van der Waals surface area contributed by atoms with Crippen LogP contribution >= 0.6 is 0 Å². The minimum atomic E-state index is -0.318. The number of methoxy groups -OCH3 is 1. The quantitative estimate of drug-likeness (QED) is 0.344. The Balaban J connectivity index is 1.27. The van der Waals surface area contributed by atoms with E-state index in [0.29, 0.717) is 28.2 Å². The van der Waals surface area contributed by atoms with Gasteiger partial charge >= 0.3 is 0 Å². The lowest BCUT2D eigenvalue weighted by molar-refractivity contribution is -0.111. The standard InChI is InChI=1S/C26H19FN4O3/c1-33-21-9-7-20(8-10-21)31-29-23-13-6-19(16-24(23)30-31)28-26(32)15-12-22-11-14-25(34-22)17-2-4-18(27)5-3-17/h2-16H,1H3,(H,28,32)/b15-12+. The molecule has 8 heteroatoms. The molecule has 0 saturated carbocycles. The lowest BCUT2D eigenvalue weighted by Crippen LogP contribution is -2.07. The molecule has 0 spiro atoms. The van der Waals surface area contributed by atoms with Gasteiger partial charge in [-0.25, -0.2) is 4.39 Å². The van der Waals surface area contributed by atoms with E-state index in [1.54, 1.807) is 55.7 Å². The number of halogens is 1. The molecule has 1 amide bonds. The summed E-state index contributed by atoms with van der Waals surface area (Å²) in [6.45, 7) is 0. The third kappa shape index (κ3) is 4.56. The number of fused-ring (bicyclic) bond motifs is 1. The van der Waals surface area contributed by atoms with Gasteiger partial charge < -0.3 is 14.5 Å². The van der Waals surface area contributed by atoms with E-state index >= 15 is 0 Å². The highest BCUT2D eigenvalue weighted by atomic mass is 19.1. The highest BCUT2D eigenvalue weighted by Gasteiger charge is 2.08. The molecule has 0 unspecified atom stereocenters. The van der Waals surface area contributed by atoms with Crippen LogP contribution in [-0.2, 0) is 4.79 Å². The van der Waals surface area contributed by atoms with E-state index in [4.69, 9.17) is 9.15 Å². The minimum absolute atomic E-state index is 0.312. The molecule has 5 aromatic rings. The van der Waals surface area contributed by atoms with Crippen molar-refractivity contribution >= 4 is 28.7 Å². The molecule has 0 aliphatic heterocycles. The molecule has 0 bridgehead atoms. The van der Waals surface area contributed by atoms with E-state index in [0.717, 1.165) is 17.0 Å². The molecule has 0 atom stereocenters. The largest absolute Gasteiger partial charge is 0.497 e. The van der Waals surface area contributed by atoms with Crippen LogP contribution in [0.1, 0.15) is 5.76 Å². The summed E-state index contributed by atoms with van der Waals surface area (Å²) in [5.74, 6) is 1.22. The van der Waals surface area contributed by atoms with Crippen molar-refractivity contribution in [1.82, 2.24) is 15.0 Å². The van der Waals surface area contributed by atoms with Crippen molar-refractivity contribution in [1.29, 1.82) is 0 Å². The van der Waals surface area contributed by atoms with E-state index in [9.17, 15) is 9.18 Å². The maximum atomic E-state index is 13.1. The molecule has 168 valence electrons. The van der Waals surface area contributed by atoms with Crippen LogP contribution < -0.4 is 10.1 Å². The third-order valence-electron chi connectivity index (χ3n) is 5.11. The van der Waals surface area contributed by atoms with Crippen molar-refractivity contribution in [2.75, 3.05) is 12.4 Å². The van der Waals surface area contributed by atoms with E-state index in [2.05, 4.69) is 15.5 Å². The molecule has 5 rings (SSSR count). The molecule has 0 fully saturated rings. The number of benzene rings is 3. The van der Waals surface area contributed by atoms with Crippen LogP contribution in [0.15, 0.2) is 89.4 Å². The van der Waals surface area contributed by atoms with E-state index < -0.39 is 0 Å². The Morgan fingerprint density at radius 3 is 2.50 bits per heavy atom. The van der Waals surface area contributed by atoms with Gasteiger partial charge in [-0.3, -0.25) is 4.79 Å². The fourth-order valence-electron chi connectivity index (χ4n) is 3.38. The first-order valence-corrected chi connectivity index (χ1v) is 10.4. The topological polar surface area (TPSA) is 82.2 Å². The van der Waals surface area contributed by atoms with Crippen molar-refractivity contribution in [2.24, 2.45) is 0 Å². The van der Waals surface area contributed by atoms with Gasteiger partial charge in [-0.05, 0) is 84.9 Å². The summed E-state index contributed by atoms with van der Waals surface area (Å²) in [4.78, 5) is 13.9. The average molecular weight is 454 g/mol. The normalized spacial score (nSPS) is 11.2. The Morgan fingerprint density at radius 2 is 1.74 bits per heavy atom. The molecule has 1 N–H and O–H groups in total. The highest BCUT2D eigenvalue weighted by Crippen LogP contribution is 2.23. The summed E-state index contributed by atoms with van der Waals surface area (Å²) in [5.41, 5.74) is 3.49. The highest BCUT2D eigenvalue weighted by molar-refractivity contribution is 6.02. The molecule has 3 aromatic carbocycles. The van der Waals surface area contributed by atoms with Gasteiger partial charge in [0.15, 0.2) is 0 Å². The zero-order valence-corrected chi connectivity index (χ0v) is 18.1. The van der Waals surface area contributed by atoms with Crippen LogP contribution in [0.4, 0.5) is 10.1 Å². The van der Waals surface area contributed by atoms with Crippen molar-refractivity contribution in [3.63, 3.8) is 0 Å². The van der Waals surface area contributed by atoms with Gasteiger partial charge in [-0.15, -0.1) is 10.2 Å². The predicted octanol–water partition coefficient (Wildman–Crippen LogP) is 5.48. The molecule has 0 saturated heterocycles. The van der Waals surface area contributed by atoms with Gasteiger partial charge in [-0.1, -0.05) is 0 Å². The van der Waals surface area contributed by atoms with Crippen LogP contribution in [0.3, 0.4) is 0 Å². The van der Waals surface area contributed by atoms with Gasteiger partial charge in [0.05, 0.1) is 12.8 Å². The van der Waals surface area contributed by atoms with Crippen molar-refractivity contribution in [2.45, 2.75) is 0 Å². The van der Waals surface area contributed by atoms with Gasteiger partial charge in [0, 0.05) is 17.3 Å². The number of rotatable bonds is 6. The van der Waals surface area contributed by atoms with Gasteiger partial charge in [0.1, 0.15) is 34.1 Å². The fourth-order valence-corrected chi connectivity index (χ4v) is 3.38. The third-order valence-corrected chi connectivity index (χ3v) is 5.11. The summed E-state index contributed by atoms with van der Waals surface area (Å²) in [6, 6.07) is 22.2. The number of amides is 1. The lowest BCUT2D eigenvalue weighted by atomic mass is 10.2. The van der Waals surface area contributed by atoms with E-state index in [1.807, 2.05) is 24.3 Å². The maximum absolute atomic E-state index is 13.1. The van der Waals surface area contributed by atoms with E-state index in [-0.39, 0.29) is 11.7 Å². The Labute approximate surface area is 194 Å². The smallest absolute Gasteiger partial charge is 0.248 e. The van der Waals surface area contributed by atoms with Gasteiger partial charge in [0.2, 0.25) is 5.91 Å². The number of ether oxygens (including phenoxy) is 1. The maximum Gasteiger partial charge on any atom is 0.248 e. The van der Waals surface area contributed by atoms with Crippen molar-refractivity contribution < 1.29 is 18.3 Å². The SMILES string of the molecule is COc1ccc(-n2nc3ccc(NC(=O)/C=C/c4ccc(-c5ccc(F)cc5)o4)cc3n2)cc1. The summed E-state index contributed by atoms with van der Waals surface area (Å²) in [5, 5.41) is 11.8. The Kier molecular flexibility index (Phi) is 5.61. The molecule has 0 radical (unpaired) electrons. The molecule has 2 aromatic heterocycles. The van der Waals surface area contributed by atoms with Gasteiger partial charge in [-0.2, -0.15) is 4.80 Å². The second kappa shape index (κ2) is 9.03. The number of furan rings is 1. The minimum Gasteiger partial charge on any atom is -0.497 e. The number of hydrogen-bond donors (Lipinski definition) is 1. The number of carbonyl (C=O) groups is 1. The molecule has 34 heavy (non-hydrogen) atoms. The molecular weight excluding hydrogens is 435 g/mol. The predicted molar refractivity (Wildman–Crippen MR) is 127 cm³/mol. The number of hydrogen-bond acceptors (Lipinski definition) is 5. The zero-order chi connectivity index (χ0) is 23.5. The second-order valence-electron chi connectivity index (χ2n) is 7.42. The van der Waals surface area contributed by atoms with Gasteiger partial charge in [0.25, 0.3) is 0 Å². The Bertz CT molecular complexity index is 1490. The number of carbonyl (C=O) groups excluding carboxylic acids is 1. The van der Waals surface area contributed by atoms with Crippen LogP contribution in [0.2, 0.25) is 0 Å². The Morgan fingerprint density at radius 1 is 0.971 bits per heavy atom. The van der Waals surface area contributed by atoms with Crippen molar-refractivity contribution in [3.8, 4) is 22.8 Å². The van der Waals surface area contributed by atoms with Crippen LogP contribution in [0.25, 0.3) is 34.1 Å². The summed E-state index contributed by atoms with van der Waals surface area (Å²) >= 11 is 0. The molecular formula is C26H19FN4O3. The molecule has 2 heterocycles. The summed E-state index contributed by atoms with van der Waals surface area (Å²) in [6.07, 6.45) is 2.95. The first-order chi connectivity index (χ1) is 16.6. The average Bonchev–Trinajstić information content (AvgIpc) is 3.50. The first kappa shape index (κ1) is 21.1. The summed E-state index contributed by atoms with van der Waals surface area (Å²) in [7, 11) is 1.61. The Hall–Kier alpha value is -4.72. The van der Waals surface area contributed by atoms with Crippen molar-refractivity contribution in [3.05, 3.63) is 96.5 Å². The number of aromatic nitrogens is 3. The van der Waals surface area contributed by atoms with Crippen LogP contribution in [-0.4, -0.2) is 28.0 Å². The van der Waals surface area contributed by atoms with Crippen LogP contribution in [0, 0.1) is 5.82 Å². The lowest BCUT2D eigenvalue weighted by Gasteiger charge is -2.01. The number of nitrogens with zero attached hydrogens (tertiary/aromatic N) is 3. The molecule has 0 aliphatic rings. The van der Waals surface area contributed by atoms with E-state index in [1.165, 1.54) is 23.0 Å². The fraction of sp³-hybridized carbons (Fsp3) is 0.0385. The monoisotopic (exact) mass is 454 g/mol. The number of nitrogens with one attached hydrogen (secondary N) is 1. The summed E-state index contributed by atoms with van der Waals surface area (Å²) < 4.78 is 24.0. The number of anilines is 1. The molecule has 7 nitrogen and oxygen atoms in total. The van der Waals surface area contributed by atoms with Crippen LogP contribution in [0.5, 0.6) is 5.75 Å². The first-order valence-electron chi connectivity index (χ1n) is 10.4. The zero-order valence-electron chi connectivity index (χ0n) is 18.1. The second-order valence-corrected chi connectivity index (χ2v) is 7.42.